The number of para-hydroxylation sites is 1. The molecule has 33 heavy (non-hydrogen) atoms. The molecule has 2 aliphatic rings. The Hall–Kier alpha value is -3.55. The molecule has 3 amide bonds. The molecule has 1 fully saturated rings. The van der Waals surface area contributed by atoms with Crippen molar-refractivity contribution in [3.63, 3.8) is 0 Å². The highest BCUT2D eigenvalue weighted by atomic mass is 16.5. The number of methoxy groups -OCH3 is 1. The summed E-state index contributed by atoms with van der Waals surface area (Å²) >= 11 is 0. The Morgan fingerprint density at radius 1 is 1.18 bits per heavy atom. The van der Waals surface area contributed by atoms with Crippen LogP contribution in [0, 0.1) is 0 Å². The Labute approximate surface area is 193 Å². The fourth-order valence-corrected chi connectivity index (χ4v) is 4.46. The molecule has 0 bridgehead atoms. The first kappa shape index (κ1) is 22.6. The van der Waals surface area contributed by atoms with E-state index in [9.17, 15) is 14.4 Å². The van der Waals surface area contributed by atoms with Crippen LogP contribution < -0.4 is 19.7 Å². The number of ether oxygens (including phenoxy) is 2. The van der Waals surface area contributed by atoms with Gasteiger partial charge in [0.15, 0.2) is 0 Å². The van der Waals surface area contributed by atoms with E-state index >= 15 is 0 Å². The van der Waals surface area contributed by atoms with E-state index in [0.29, 0.717) is 47.9 Å². The molecule has 2 aromatic rings. The van der Waals surface area contributed by atoms with Crippen molar-refractivity contribution in [2.45, 2.75) is 45.2 Å². The predicted octanol–water partition coefficient (Wildman–Crippen LogP) is 3.81. The molecule has 1 unspecified atom stereocenters. The van der Waals surface area contributed by atoms with E-state index in [-0.39, 0.29) is 24.3 Å². The second-order valence-corrected chi connectivity index (χ2v) is 8.47. The number of rotatable bonds is 8. The lowest BCUT2D eigenvalue weighted by atomic mass is 9.98. The van der Waals surface area contributed by atoms with Gasteiger partial charge < -0.3 is 19.7 Å². The van der Waals surface area contributed by atoms with Crippen LogP contribution in [0.15, 0.2) is 42.5 Å². The van der Waals surface area contributed by atoms with Gasteiger partial charge in [-0.1, -0.05) is 25.5 Å². The Morgan fingerprint density at radius 3 is 2.73 bits per heavy atom. The summed E-state index contributed by atoms with van der Waals surface area (Å²) in [6.07, 6.45) is 2.67. The van der Waals surface area contributed by atoms with Crippen LogP contribution in [0.3, 0.4) is 0 Å². The van der Waals surface area contributed by atoms with Crippen molar-refractivity contribution < 1.29 is 23.9 Å². The number of benzene rings is 2. The molecule has 1 atom stereocenters. The number of nitrogens with zero attached hydrogens (tertiary/aromatic N) is 2. The SMILES string of the molecule is CCCCOc1ccc(OC)cc1NC(=O)CN1C(=O)c2ccccc2N2C(=O)CCC12C. The monoisotopic (exact) mass is 451 g/mol. The first-order valence-corrected chi connectivity index (χ1v) is 11.2. The number of hydrogen-bond donors (Lipinski definition) is 1. The van der Waals surface area contributed by atoms with Crippen LogP contribution in [-0.4, -0.2) is 48.5 Å². The fourth-order valence-electron chi connectivity index (χ4n) is 4.46. The number of amides is 3. The van der Waals surface area contributed by atoms with Crippen molar-refractivity contribution in [1.29, 1.82) is 0 Å². The lowest BCUT2D eigenvalue weighted by Crippen LogP contribution is -2.63. The minimum absolute atomic E-state index is 0.0535. The first-order chi connectivity index (χ1) is 15.9. The van der Waals surface area contributed by atoms with Gasteiger partial charge in [0.05, 0.1) is 30.7 Å². The summed E-state index contributed by atoms with van der Waals surface area (Å²) in [4.78, 5) is 42.3. The van der Waals surface area contributed by atoms with E-state index in [1.54, 1.807) is 48.4 Å². The third kappa shape index (κ3) is 4.13. The summed E-state index contributed by atoms with van der Waals surface area (Å²) in [5.41, 5.74) is 0.602. The normalized spacial score (nSPS) is 19.2. The maximum atomic E-state index is 13.4. The smallest absolute Gasteiger partial charge is 0.258 e. The van der Waals surface area contributed by atoms with Crippen LogP contribution >= 0.6 is 0 Å². The van der Waals surface area contributed by atoms with E-state index in [1.165, 1.54) is 4.90 Å². The van der Waals surface area contributed by atoms with Gasteiger partial charge >= 0.3 is 0 Å². The van der Waals surface area contributed by atoms with Gasteiger partial charge in [0.25, 0.3) is 5.91 Å². The third-order valence-corrected chi connectivity index (χ3v) is 6.26. The van der Waals surface area contributed by atoms with Gasteiger partial charge in [-0.05, 0) is 44.0 Å². The van der Waals surface area contributed by atoms with Gasteiger partial charge in [0.1, 0.15) is 23.7 Å². The zero-order valence-corrected chi connectivity index (χ0v) is 19.2. The van der Waals surface area contributed by atoms with Crippen molar-refractivity contribution in [2.75, 3.05) is 30.5 Å². The minimum Gasteiger partial charge on any atom is -0.497 e. The molecule has 1 N–H and O–H groups in total. The number of hydrogen-bond acceptors (Lipinski definition) is 5. The Bertz CT molecular complexity index is 1090. The van der Waals surface area contributed by atoms with Gasteiger partial charge in [0.2, 0.25) is 11.8 Å². The Morgan fingerprint density at radius 2 is 1.97 bits per heavy atom. The Balaban J connectivity index is 1.59. The van der Waals surface area contributed by atoms with Gasteiger partial charge in [-0.15, -0.1) is 0 Å². The number of nitrogens with one attached hydrogen (secondary N) is 1. The molecule has 0 spiro atoms. The summed E-state index contributed by atoms with van der Waals surface area (Å²) in [6, 6.07) is 12.3. The highest BCUT2D eigenvalue weighted by Gasteiger charge is 2.53. The zero-order valence-electron chi connectivity index (χ0n) is 19.2. The summed E-state index contributed by atoms with van der Waals surface area (Å²) in [7, 11) is 1.55. The average Bonchev–Trinajstić information content (AvgIpc) is 3.13. The van der Waals surface area contributed by atoms with Crippen LogP contribution in [0.4, 0.5) is 11.4 Å². The van der Waals surface area contributed by atoms with Gasteiger partial charge in [0, 0.05) is 12.5 Å². The van der Waals surface area contributed by atoms with Gasteiger partial charge in [-0.25, -0.2) is 0 Å². The number of fused-ring (bicyclic) bond motifs is 3. The van der Waals surface area contributed by atoms with Crippen molar-refractivity contribution in [1.82, 2.24) is 4.90 Å². The van der Waals surface area contributed by atoms with E-state index in [4.69, 9.17) is 9.47 Å². The van der Waals surface area contributed by atoms with Crippen LogP contribution in [-0.2, 0) is 9.59 Å². The molecular formula is C25H29N3O5. The number of anilines is 2. The van der Waals surface area contributed by atoms with Crippen molar-refractivity contribution in [3.05, 3.63) is 48.0 Å². The summed E-state index contributed by atoms with van der Waals surface area (Å²) < 4.78 is 11.1. The van der Waals surface area contributed by atoms with Crippen LogP contribution in [0.1, 0.15) is 49.9 Å². The number of carbonyl (C=O) groups excluding carboxylic acids is 3. The number of carbonyl (C=O) groups is 3. The first-order valence-electron chi connectivity index (χ1n) is 11.2. The summed E-state index contributed by atoms with van der Waals surface area (Å²) in [5.74, 6) is 0.422. The molecule has 1 saturated heterocycles. The largest absolute Gasteiger partial charge is 0.497 e. The molecule has 2 heterocycles. The molecule has 0 radical (unpaired) electrons. The average molecular weight is 452 g/mol. The van der Waals surface area contributed by atoms with Crippen molar-refractivity contribution in [3.8, 4) is 11.5 Å². The molecule has 2 aromatic carbocycles. The van der Waals surface area contributed by atoms with Crippen molar-refractivity contribution in [2.24, 2.45) is 0 Å². The molecule has 0 aliphatic carbocycles. The van der Waals surface area contributed by atoms with Crippen molar-refractivity contribution >= 4 is 29.1 Å². The lowest BCUT2D eigenvalue weighted by Gasteiger charge is -2.48. The van der Waals surface area contributed by atoms with Gasteiger partial charge in [-0.2, -0.15) is 0 Å². The van der Waals surface area contributed by atoms with Crippen LogP contribution in [0.25, 0.3) is 0 Å². The van der Waals surface area contributed by atoms with E-state index < -0.39 is 5.66 Å². The molecule has 8 nitrogen and oxygen atoms in total. The summed E-state index contributed by atoms with van der Waals surface area (Å²) in [5, 5.41) is 2.87. The topological polar surface area (TPSA) is 88.2 Å². The van der Waals surface area contributed by atoms with Crippen LogP contribution in [0.5, 0.6) is 11.5 Å². The van der Waals surface area contributed by atoms with E-state index in [2.05, 4.69) is 12.2 Å². The summed E-state index contributed by atoms with van der Waals surface area (Å²) in [6.45, 7) is 4.25. The number of unbranched alkanes of at least 4 members (excludes halogenated alkanes) is 1. The zero-order chi connectivity index (χ0) is 23.6. The lowest BCUT2D eigenvalue weighted by molar-refractivity contribution is -0.120. The quantitative estimate of drug-likeness (QED) is 0.617. The second kappa shape index (κ2) is 9.13. The van der Waals surface area contributed by atoms with Gasteiger partial charge in [-0.3, -0.25) is 19.3 Å². The molecule has 0 aromatic heterocycles. The minimum atomic E-state index is -0.894. The standard InChI is InChI=1S/C25H29N3O5/c1-4-5-14-33-21-11-10-17(32-3)15-19(21)26-22(29)16-27-24(31)18-8-6-7-9-20(18)28-23(30)12-13-25(27,28)2/h6-11,15H,4-5,12-14,16H2,1-3H3,(H,26,29). The molecule has 0 saturated carbocycles. The molecule has 4 rings (SSSR count). The fraction of sp³-hybridized carbons (Fsp3) is 0.400. The molecule has 8 heteroatoms. The highest BCUT2D eigenvalue weighted by molar-refractivity contribution is 6.11. The van der Waals surface area contributed by atoms with E-state index in [1.807, 2.05) is 13.0 Å². The third-order valence-electron chi connectivity index (χ3n) is 6.26. The maximum absolute atomic E-state index is 13.4. The molecule has 174 valence electrons. The Kier molecular flexibility index (Phi) is 6.26. The highest BCUT2D eigenvalue weighted by Crippen LogP contribution is 2.44. The van der Waals surface area contributed by atoms with E-state index in [0.717, 1.165) is 12.8 Å². The molecule has 2 aliphatic heterocycles. The second-order valence-electron chi connectivity index (χ2n) is 8.47. The molecular weight excluding hydrogens is 422 g/mol. The van der Waals surface area contributed by atoms with Crippen LogP contribution in [0.2, 0.25) is 0 Å². The predicted molar refractivity (Wildman–Crippen MR) is 125 cm³/mol. The maximum Gasteiger partial charge on any atom is 0.258 e.